The van der Waals surface area contributed by atoms with Crippen molar-refractivity contribution in [2.45, 2.75) is 6.23 Å². The average Bonchev–Trinajstić information content (AvgIpc) is 2.31. The number of nitrogens with one attached hydrogen (secondary N) is 1. The second-order valence-corrected chi connectivity index (χ2v) is 3.02. The largest absolute Gasteiger partial charge is 0.368 e. The number of rotatable bonds is 3. The molecule has 2 aromatic rings. The summed E-state index contributed by atoms with van der Waals surface area (Å²) in [6.07, 6.45) is 2.47. The topological polar surface area (TPSA) is 58.0 Å². The maximum Gasteiger partial charge on any atom is 0.169 e. The Kier molecular flexibility index (Phi) is 2.90. The second-order valence-electron chi connectivity index (χ2n) is 3.02. The third-order valence-corrected chi connectivity index (χ3v) is 1.92. The van der Waals surface area contributed by atoms with E-state index in [1.165, 1.54) is 0 Å². The Morgan fingerprint density at radius 2 is 1.73 bits per heavy atom. The van der Waals surface area contributed by atoms with Crippen LogP contribution in [0.4, 0.5) is 5.82 Å². The summed E-state index contributed by atoms with van der Waals surface area (Å²) in [6.45, 7) is 0. The van der Waals surface area contributed by atoms with E-state index in [1.807, 2.05) is 18.2 Å². The van der Waals surface area contributed by atoms with Gasteiger partial charge in [0.25, 0.3) is 0 Å². The SMILES string of the molecule is OC(Nc1ccccn1)c1ccccn1. The molecule has 0 bridgehead atoms. The Labute approximate surface area is 87.6 Å². The molecule has 2 aromatic heterocycles. The van der Waals surface area contributed by atoms with Gasteiger partial charge in [-0.1, -0.05) is 12.1 Å². The van der Waals surface area contributed by atoms with E-state index < -0.39 is 6.23 Å². The lowest BCUT2D eigenvalue weighted by atomic mass is 10.3. The van der Waals surface area contributed by atoms with Gasteiger partial charge in [0.1, 0.15) is 5.82 Å². The van der Waals surface area contributed by atoms with Crippen molar-refractivity contribution in [2.24, 2.45) is 0 Å². The van der Waals surface area contributed by atoms with Crippen LogP contribution in [0.1, 0.15) is 11.9 Å². The molecule has 2 N–H and O–H groups in total. The molecule has 0 radical (unpaired) electrons. The molecule has 4 heteroatoms. The highest BCUT2D eigenvalue weighted by Gasteiger charge is 2.07. The van der Waals surface area contributed by atoms with Gasteiger partial charge in [-0.3, -0.25) is 4.98 Å². The summed E-state index contributed by atoms with van der Waals surface area (Å²) in [6, 6.07) is 10.8. The van der Waals surface area contributed by atoms with E-state index in [0.29, 0.717) is 11.5 Å². The molecular formula is C11H11N3O. The Morgan fingerprint density at radius 3 is 2.33 bits per heavy atom. The first-order valence-electron chi connectivity index (χ1n) is 4.63. The molecule has 0 amide bonds. The third-order valence-electron chi connectivity index (χ3n) is 1.92. The van der Waals surface area contributed by atoms with Gasteiger partial charge in [0.2, 0.25) is 0 Å². The van der Waals surface area contributed by atoms with Gasteiger partial charge in [0, 0.05) is 12.4 Å². The summed E-state index contributed by atoms with van der Waals surface area (Å²) in [5.74, 6) is 0.621. The lowest BCUT2D eigenvalue weighted by molar-refractivity contribution is 0.203. The second kappa shape index (κ2) is 4.52. The van der Waals surface area contributed by atoms with Gasteiger partial charge in [0.05, 0.1) is 5.69 Å². The van der Waals surface area contributed by atoms with E-state index >= 15 is 0 Å². The molecule has 0 aliphatic carbocycles. The molecule has 2 heterocycles. The molecule has 0 aromatic carbocycles. The number of anilines is 1. The van der Waals surface area contributed by atoms with Crippen LogP contribution in [0.15, 0.2) is 48.8 Å². The molecule has 4 nitrogen and oxygen atoms in total. The molecule has 76 valence electrons. The van der Waals surface area contributed by atoms with Crippen molar-refractivity contribution in [3.05, 3.63) is 54.5 Å². The molecule has 0 aliphatic heterocycles. The number of hydrogen-bond acceptors (Lipinski definition) is 4. The summed E-state index contributed by atoms with van der Waals surface area (Å²) < 4.78 is 0. The van der Waals surface area contributed by atoms with Crippen molar-refractivity contribution >= 4 is 5.82 Å². The van der Waals surface area contributed by atoms with Gasteiger partial charge < -0.3 is 10.4 Å². The van der Waals surface area contributed by atoms with Crippen molar-refractivity contribution in [3.8, 4) is 0 Å². The van der Waals surface area contributed by atoms with Crippen molar-refractivity contribution < 1.29 is 5.11 Å². The Morgan fingerprint density at radius 1 is 1.00 bits per heavy atom. The highest BCUT2D eigenvalue weighted by molar-refractivity contribution is 5.35. The average molecular weight is 201 g/mol. The van der Waals surface area contributed by atoms with E-state index in [2.05, 4.69) is 15.3 Å². The van der Waals surface area contributed by atoms with Crippen LogP contribution in [0, 0.1) is 0 Å². The van der Waals surface area contributed by atoms with E-state index in [0.717, 1.165) is 0 Å². The van der Waals surface area contributed by atoms with Gasteiger partial charge in [-0.25, -0.2) is 4.98 Å². The molecule has 0 aliphatic rings. The van der Waals surface area contributed by atoms with E-state index in [9.17, 15) is 5.11 Å². The molecule has 15 heavy (non-hydrogen) atoms. The molecule has 1 unspecified atom stereocenters. The maximum absolute atomic E-state index is 9.76. The van der Waals surface area contributed by atoms with Crippen LogP contribution in [0.2, 0.25) is 0 Å². The predicted molar refractivity (Wildman–Crippen MR) is 57.1 cm³/mol. The van der Waals surface area contributed by atoms with Gasteiger partial charge in [-0.05, 0) is 24.3 Å². The van der Waals surface area contributed by atoms with Crippen molar-refractivity contribution in [1.82, 2.24) is 9.97 Å². The van der Waals surface area contributed by atoms with Crippen LogP contribution < -0.4 is 5.32 Å². The molecule has 0 saturated heterocycles. The molecule has 1 atom stereocenters. The fraction of sp³-hybridized carbons (Fsp3) is 0.0909. The van der Waals surface area contributed by atoms with Gasteiger partial charge >= 0.3 is 0 Å². The van der Waals surface area contributed by atoms with Crippen LogP contribution >= 0.6 is 0 Å². The first-order chi connectivity index (χ1) is 7.36. The number of pyridine rings is 2. The van der Waals surface area contributed by atoms with E-state index in [-0.39, 0.29) is 0 Å². The highest BCUT2D eigenvalue weighted by atomic mass is 16.3. The molecular weight excluding hydrogens is 190 g/mol. The smallest absolute Gasteiger partial charge is 0.169 e. The molecule has 2 rings (SSSR count). The molecule has 0 fully saturated rings. The zero-order valence-electron chi connectivity index (χ0n) is 8.04. The summed E-state index contributed by atoms with van der Waals surface area (Å²) in [5.41, 5.74) is 0.572. The fourth-order valence-corrected chi connectivity index (χ4v) is 1.20. The quantitative estimate of drug-likeness (QED) is 0.740. The van der Waals surface area contributed by atoms with Crippen molar-refractivity contribution in [2.75, 3.05) is 5.32 Å². The lowest BCUT2D eigenvalue weighted by Crippen LogP contribution is -2.11. The normalized spacial score (nSPS) is 12.1. The van der Waals surface area contributed by atoms with Gasteiger partial charge in [-0.2, -0.15) is 0 Å². The van der Waals surface area contributed by atoms with Crippen LogP contribution in [-0.4, -0.2) is 15.1 Å². The van der Waals surface area contributed by atoms with Crippen LogP contribution in [0.5, 0.6) is 0 Å². The lowest BCUT2D eigenvalue weighted by Gasteiger charge is -2.12. The Balaban J connectivity index is 2.08. The van der Waals surface area contributed by atoms with E-state index in [4.69, 9.17) is 0 Å². The predicted octanol–water partition coefficient (Wildman–Crippen LogP) is 1.58. The summed E-state index contributed by atoms with van der Waals surface area (Å²) in [5, 5.41) is 12.6. The summed E-state index contributed by atoms with van der Waals surface area (Å²) >= 11 is 0. The zero-order valence-corrected chi connectivity index (χ0v) is 8.04. The Hall–Kier alpha value is -1.94. The fourth-order valence-electron chi connectivity index (χ4n) is 1.20. The van der Waals surface area contributed by atoms with Crippen LogP contribution in [-0.2, 0) is 0 Å². The minimum absolute atomic E-state index is 0.572. The molecule has 0 spiro atoms. The van der Waals surface area contributed by atoms with Crippen LogP contribution in [0.25, 0.3) is 0 Å². The maximum atomic E-state index is 9.76. The first-order valence-corrected chi connectivity index (χ1v) is 4.63. The Bertz CT molecular complexity index is 405. The molecule has 0 saturated carbocycles. The number of hydrogen-bond donors (Lipinski definition) is 2. The summed E-state index contributed by atoms with van der Waals surface area (Å²) in [4.78, 5) is 8.08. The number of aromatic nitrogens is 2. The standard InChI is InChI=1S/C11H11N3O/c15-11(9-5-1-3-7-12-9)14-10-6-2-4-8-13-10/h1-8,11,15H,(H,13,14). The minimum atomic E-state index is -0.832. The highest BCUT2D eigenvalue weighted by Crippen LogP contribution is 2.12. The van der Waals surface area contributed by atoms with Crippen molar-refractivity contribution in [1.29, 1.82) is 0 Å². The summed E-state index contributed by atoms with van der Waals surface area (Å²) in [7, 11) is 0. The number of aliphatic hydroxyl groups excluding tert-OH is 1. The van der Waals surface area contributed by atoms with Gasteiger partial charge in [0.15, 0.2) is 6.23 Å². The number of aliphatic hydroxyl groups is 1. The number of nitrogens with zero attached hydrogens (tertiary/aromatic N) is 2. The van der Waals surface area contributed by atoms with Crippen molar-refractivity contribution in [3.63, 3.8) is 0 Å². The zero-order chi connectivity index (χ0) is 10.5. The first kappa shape index (κ1) is 9.61. The van der Waals surface area contributed by atoms with Crippen LogP contribution in [0.3, 0.4) is 0 Å². The monoisotopic (exact) mass is 201 g/mol. The third kappa shape index (κ3) is 2.51. The van der Waals surface area contributed by atoms with Gasteiger partial charge in [-0.15, -0.1) is 0 Å². The van der Waals surface area contributed by atoms with E-state index in [1.54, 1.807) is 30.6 Å². The minimum Gasteiger partial charge on any atom is -0.368 e.